The van der Waals surface area contributed by atoms with Crippen molar-refractivity contribution in [2.75, 3.05) is 0 Å². The SMILES string of the molecule is CCCC1C=CNN1C(=O)NS(=O)(=O)c1cccc(Cl)c1Cl. The molecular weight excluding hydrogens is 349 g/mol. The number of amides is 2. The molecule has 2 rings (SSSR count). The van der Waals surface area contributed by atoms with Gasteiger partial charge in [-0.1, -0.05) is 42.6 Å². The van der Waals surface area contributed by atoms with Gasteiger partial charge in [-0.25, -0.2) is 22.9 Å². The number of halogens is 2. The molecule has 120 valence electrons. The Kier molecular flexibility index (Phi) is 5.20. The molecule has 1 atom stereocenters. The van der Waals surface area contributed by atoms with Crippen LogP contribution in [0, 0.1) is 0 Å². The maximum Gasteiger partial charge on any atom is 0.350 e. The van der Waals surface area contributed by atoms with Crippen LogP contribution in [-0.4, -0.2) is 25.5 Å². The van der Waals surface area contributed by atoms with Crippen LogP contribution in [0.15, 0.2) is 35.4 Å². The number of benzene rings is 1. The van der Waals surface area contributed by atoms with E-state index in [2.05, 4.69) is 5.43 Å². The van der Waals surface area contributed by atoms with Gasteiger partial charge < -0.3 is 5.43 Å². The highest BCUT2D eigenvalue weighted by molar-refractivity contribution is 7.90. The lowest BCUT2D eigenvalue weighted by atomic mass is 10.2. The zero-order valence-corrected chi connectivity index (χ0v) is 14.0. The minimum Gasteiger partial charge on any atom is -0.302 e. The molecule has 1 aliphatic heterocycles. The number of carbonyl (C=O) groups excluding carboxylic acids is 1. The fraction of sp³-hybridized carbons (Fsp3) is 0.308. The molecule has 6 nitrogen and oxygen atoms in total. The van der Waals surface area contributed by atoms with Crippen LogP contribution in [0.5, 0.6) is 0 Å². The highest BCUT2D eigenvalue weighted by Gasteiger charge is 2.29. The normalized spacial score (nSPS) is 17.4. The maximum atomic E-state index is 12.3. The van der Waals surface area contributed by atoms with Crippen LogP contribution in [0.25, 0.3) is 0 Å². The number of hydrogen-bond acceptors (Lipinski definition) is 4. The summed E-state index contributed by atoms with van der Waals surface area (Å²) in [5, 5.41) is 1.20. The number of sulfonamides is 1. The van der Waals surface area contributed by atoms with E-state index >= 15 is 0 Å². The van der Waals surface area contributed by atoms with Gasteiger partial charge in [0.15, 0.2) is 0 Å². The Balaban J connectivity index is 2.18. The number of hydrazine groups is 1. The highest BCUT2D eigenvalue weighted by Crippen LogP contribution is 2.28. The van der Waals surface area contributed by atoms with Crippen molar-refractivity contribution in [3.8, 4) is 0 Å². The quantitative estimate of drug-likeness (QED) is 0.861. The van der Waals surface area contributed by atoms with Crippen molar-refractivity contribution in [2.24, 2.45) is 0 Å². The molecule has 0 bridgehead atoms. The molecule has 0 fully saturated rings. The Morgan fingerprint density at radius 3 is 2.82 bits per heavy atom. The third-order valence-electron chi connectivity index (χ3n) is 3.09. The topological polar surface area (TPSA) is 78.5 Å². The van der Waals surface area contributed by atoms with Gasteiger partial charge in [0.25, 0.3) is 10.0 Å². The summed E-state index contributed by atoms with van der Waals surface area (Å²) < 4.78 is 26.6. The molecule has 0 radical (unpaired) electrons. The van der Waals surface area contributed by atoms with Crippen LogP contribution < -0.4 is 10.1 Å². The summed E-state index contributed by atoms with van der Waals surface area (Å²) in [4.78, 5) is 11.9. The maximum absolute atomic E-state index is 12.3. The largest absolute Gasteiger partial charge is 0.350 e. The summed E-state index contributed by atoms with van der Waals surface area (Å²) in [5.41, 5.74) is 2.71. The smallest absolute Gasteiger partial charge is 0.302 e. The van der Waals surface area contributed by atoms with E-state index in [1.807, 2.05) is 11.6 Å². The number of hydrogen-bond donors (Lipinski definition) is 2. The number of urea groups is 1. The minimum atomic E-state index is -4.11. The van der Waals surface area contributed by atoms with Crippen LogP contribution in [0.1, 0.15) is 19.8 Å². The molecule has 22 heavy (non-hydrogen) atoms. The van der Waals surface area contributed by atoms with Crippen molar-refractivity contribution < 1.29 is 13.2 Å². The van der Waals surface area contributed by atoms with Crippen LogP contribution in [0.4, 0.5) is 4.79 Å². The van der Waals surface area contributed by atoms with E-state index in [0.29, 0.717) is 0 Å². The Morgan fingerprint density at radius 1 is 1.41 bits per heavy atom. The average molecular weight is 364 g/mol. The highest BCUT2D eigenvalue weighted by atomic mass is 35.5. The van der Waals surface area contributed by atoms with E-state index in [4.69, 9.17) is 23.2 Å². The molecular formula is C13H15Cl2N3O3S. The fourth-order valence-electron chi connectivity index (χ4n) is 2.06. The lowest BCUT2D eigenvalue weighted by Gasteiger charge is -2.24. The van der Waals surface area contributed by atoms with Crippen molar-refractivity contribution in [2.45, 2.75) is 30.7 Å². The Labute approximate surface area is 139 Å². The van der Waals surface area contributed by atoms with Gasteiger partial charge in [0.05, 0.1) is 16.1 Å². The Bertz CT molecular complexity index is 706. The first kappa shape index (κ1) is 16.9. The zero-order chi connectivity index (χ0) is 16.3. The molecule has 0 aliphatic carbocycles. The van der Waals surface area contributed by atoms with E-state index in [-0.39, 0.29) is 21.0 Å². The number of nitrogens with one attached hydrogen (secondary N) is 2. The second-order valence-corrected chi connectivity index (χ2v) is 7.11. The molecule has 0 saturated carbocycles. The molecule has 0 saturated heterocycles. The van der Waals surface area contributed by atoms with Gasteiger partial charge in [0.1, 0.15) is 4.90 Å². The van der Waals surface area contributed by atoms with Crippen molar-refractivity contribution in [1.29, 1.82) is 0 Å². The summed E-state index contributed by atoms with van der Waals surface area (Å²) >= 11 is 11.7. The lowest BCUT2D eigenvalue weighted by molar-refractivity contribution is 0.177. The van der Waals surface area contributed by atoms with Crippen LogP contribution >= 0.6 is 23.2 Å². The summed E-state index contributed by atoms with van der Waals surface area (Å²) in [5.74, 6) is 0. The van der Waals surface area contributed by atoms with E-state index in [1.54, 1.807) is 12.3 Å². The number of rotatable bonds is 4. The Morgan fingerprint density at radius 2 is 2.14 bits per heavy atom. The van der Waals surface area contributed by atoms with Crippen molar-refractivity contribution >= 4 is 39.3 Å². The molecule has 1 aromatic carbocycles. The van der Waals surface area contributed by atoms with Gasteiger partial charge >= 0.3 is 6.03 Å². The predicted molar refractivity (Wildman–Crippen MR) is 85.0 cm³/mol. The Hall–Kier alpha value is -1.44. The lowest BCUT2D eigenvalue weighted by Crippen LogP contribution is -2.49. The van der Waals surface area contributed by atoms with Crippen LogP contribution in [0.2, 0.25) is 10.0 Å². The van der Waals surface area contributed by atoms with Gasteiger partial charge in [0.2, 0.25) is 0 Å². The fourth-order valence-corrected chi connectivity index (χ4v) is 3.76. The molecule has 1 aromatic rings. The van der Waals surface area contributed by atoms with Gasteiger partial charge in [-0.15, -0.1) is 0 Å². The summed E-state index contributed by atoms with van der Waals surface area (Å²) in [6, 6.07) is 3.22. The van der Waals surface area contributed by atoms with E-state index < -0.39 is 16.1 Å². The first-order valence-electron chi connectivity index (χ1n) is 6.59. The van der Waals surface area contributed by atoms with Gasteiger partial charge in [-0.3, -0.25) is 0 Å². The number of nitrogens with zero attached hydrogens (tertiary/aromatic N) is 1. The number of carbonyl (C=O) groups is 1. The summed E-state index contributed by atoms with van der Waals surface area (Å²) in [6.45, 7) is 1.98. The summed E-state index contributed by atoms with van der Waals surface area (Å²) in [6.07, 6.45) is 4.96. The van der Waals surface area contributed by atoms with Gasteiger partial charge in [0, 0.05) is 6.20 Å². The molecule has 2 amide bonds. The second-order valence-electron chi connectivity index (χ2n) is 4.68. The molecule has 9 heteroatoms. The van der Waals surface area contributed by atoms with Gasteiger partial charge in [-0.2, -0.15) is 0 Å². The third kappa shape index (κ3) is 3.48. The average Bonchev–Trinajstić information content (AvgIpc) is 2.90. The van der Waals surface area contributed by atoms with Crippen LogP contribution in [-0.2, 0) is 10.0 Å². The molecule has 2 N–H and O–H groups in total. The minimum absolute atomic E-state index is 0.0989. The third-order valence-corrected chi connectivity index (χ3v) is 5.39. The second kappa shape index (κ2) is 6.76. The van der Waals surface area contributed by atoms with Crippen LogP contribution in [0.3, 0.4) is 0 Å². The molecule has 1 unspecified atom stereocenters. The first-order chi connectivity index (χ1) is 10.4. The first-order valence-corrected chi connectivity index (χ1v) is 8.83. The molecule has 0 aromatic heterocycles. The van der Waals surface area contributed by atoms with E-state index in [0.717, 1.165) is 12.8 Å². The van der Waals surface area contributed by atoms with Crippen molar-refractivity contribution in [3.05, 3.63) is 40.5 Å². The monoisotopic (exact) mass is 363 g/mol. The zero-order valence-electron chi connectivity index (χ0n) is 11.7. The molecule has 1 aliphatic rings. The van der Waals surface area contributed by atoms with Gasteiger partial charge in [-0.05, 0) is 24.6 Å². The standard InChI is InChI=1S/C13H15Cl2N3O3S/c1-2-4-9-7-8-16-18(9)13(19)17-22(20,21)11-6-3-5-10(14)12(11)15/h3,5-9,16H,2,4H2,1H3,(H,17,19). The summed E-state index contributed by atoms with van der Waals surface area (Å²) in [7, 11) is -4.11. The van der Waals surface area contributed by atoms with Crippen molar-refractivity contribution in [1.82, 2.24) is 15.2 Å². The van der Waals surface area contributed by atoms with E-state index in [1.165, 1.54) is 23.2 Å². The molecule has 1 heterocycles. The van der Waals surface area contributed by atoms with Crippen molar-refractivity contribution in [3.63, 3.8) is 0 Å². The molecule has 0 spiro atoms. The predicted octanol–water partition coefficient (Wildman–Crippen LogP) is 2.89. The van der Waals surface area contributed by atoms with E-state index in [9.17, 15) is 13.2 Å².